The van der Waals surface area contributed by atoms with E-state index in [2.05, 4.69) is 11.5 Å². The summed E-state index contributed by atoms with van der Waals surface area (Å²) in [5.74, 6) is 0. The van der Waals surface area contributed by atoms with Crippen molar-refractivity contribution < 1.29 is 14.6 Å². The molecule has 1 aliphatic heterocycles. The molecular formula is C12H23NO3. The molecule has 0 saturated carbocycles. The minimum atomic E-state index is -0.439. The van der Waals surface area contributed by atoms with Gasteiger partial charge in [0, 0.05) is 19.7 Å². The second-order valence-electron chi connectivity index (χ2n) is 4.34. The number of ether oxygens (including phenoxy) is 2. The topological polar surface area (TPSA) is 41.9 Å². The van der Waals surface area contributed by atoms with E-state index in [0.29, 0.717) is 25.9 Å². The number of likely N-dealkylation sites (N-methyl/N-ethyl adjacent to an activating group) is 1. The van der Waals surface area contributed by atoms with Gasteiger partial charge < -0.3 is 19.5 Å². The van der Waals surface area contributed by atoms with Crippen LogP contribution in [0.1, 0.15) is 12.8 Å². The summed E-state index contributed by atoms with van der Waals surface area (Å²) >= 11 is 0. The van der Waals surface area contributed by atoms with E-state index in [1.165, 1.54) is 0 Å². The molecule has 1 saturated heterocycles. The molecule has 0 aromatic heterocycles. The Morgan fingerprint density at radius 1 is 1.69 bits per heavy atom. The zero-order chi connectivity index (χ0) is 11.8. The Labute approximate surface area is 97.8 Å². The van der Waals surface area contributed by atoms with Crippen molar-refractivity contribution in [3.63, 3.8) is 0 Å². The molecule has 2 unspecified atom stereocenters. The van der Waals surface area contributed by atoms with Crippen molar-refractivity contribution >= 4 is 0 Å². The summed E-state index contributed by atoms with van der Waals surface area (Å²) in [5.41, 5.74) is 0. The van der Waals surface area contributed by atoms with E-state index in [0.717, 1.165) is 26.0 Å². The van der Waals surface area contributed by atoms with Crippen molar-refractivity contribution in [2.24, 2.45) is 0 Å². The molecule has 4 nitrogen and oxygen atoms in total. The minimum absolute atomic E-state index is 0.339. The van der Waals surface area contributed by atoms with Gasteiger partial charge in [-0.15, -0.1) is 6.58 Å². The summed E-state index contributed by atoms with van der Waals surface area (Å²) in [7, 11) is 2.00. The molecule has 16 heavy (non-hydrogen) atoms. The van der Waals surface area contributed by atoms with Crippen LogP contribution in [-0.2, 0) is 9.47 Å². The maximum Gasteiger partial charge on any atom is 0.0900 e. The molecule has 94 valence electrons. The molecule has 0 bridgehead atoms. The Bertz CT molecular complexity index is 193. The summed E-state index contributed by atoms with van der Waals surface area (Å²) < 4.78 is 10.7. The van der Waals surface area contributed by atoms with Gasteiger partial charge in [-0.05, 0) is 19.9 Å². The van der Waals surface area contributed by atoms with Crippen molar-refractivity contribution in [2.75, 3.05) is 40.0 Å². The molecule has 0 aliphatic carbocycles. The third kappa shape index (κ3) is 5.61. The van der Waals surface area contributed by atoms with Gasteiger partial charge in [0.05, 0.1) is 25.4 Å². The van der Waals surface area contributed by atoms with Crippen LogP contribution in [0.25, 0.3) is 0 Å². The van der Waals surface area contributed by atoms with Crippen molar-refractivity contribution in [3.8, 4) is 0 Å². The minimum Gasteiger partial charge on any atom is -0.389 e. The van der Waals surface area contributed by atoms with Crippen LogP contribution in [0.3, 0.4) is 0 Å². The molecule has 4 heteroatoms. The average molecular weight is 229 g/mol. The fraction of sp³-hybridized carbons (Fsp3) is 0.833. The van der Waals surface area contributed by atoms with Gasteiger partial charge in [0.15, 0.2) is 0 Å². The van der Waals surface area contributed by atoms with E-state index >= 15 is 0 Å². The van der Waals surface area contributed by atoms with Crippen LogP contribution in [0.4, 0.5) is 0 Å². The largest absolute Gasteiger partial charge is 0.389 e. The fourth-order valence-electron chi connectivity index (χ4n) is 1.91. The number of nitrogens with zero attached hydrogens (tertiary/aromatic N) is 1. The van der Waals surface area contributed by atoms with Gasteiger partial charge in [-0.3, -0.25) is 0 Å². The number of hydrogen-bond acceptors (Lipinski definition) is 4. The van der Waals surface area contributed by atoms with Gasteiger partial charge in [0.2, 0.25) is 0 Å². The predicted molar refractivity (Wildman–Crippen MR) is 63.5 cm³/mol. The normalized spacial score (nSPS) is 22.6. The molecule has 1 rings (SSSR count). The van der Waals surface area contributed by atoms with E-state index in [9.17, 15) is 5.11 Å². The molecule has 0 aromatic rings. The van der Waals surface area contributed by atoms with E-state index in [1.54, 1.807) is 6.08 Å². The lowest BCUT2D eigenvalue weighted by Gasteiger charge is -2.23. The second-order valence-corrected chi connectivity index (χ2v) is 4.34. The van der Waals surface area contributed by atoms with Gasteiger partial charge in [0.25, 0.3) is 0 Å². The molecule has 1 heterocycles. The Morgan fingerprint density at radius 2 is 2.50 bits per heavy atom. The zero-order valence-electron chi connectivity index (χ0n) is 10.1. The standard InChI is InChI=1S/C12H23NO3/c1-3-6-15-10-11(14)8-13(2)9-12-5-4-7-16-12/h3,11-12,14H,1,4-10H2,2H3. The first-order chi connectivity index (χ1) is 7.72. The highest BCUT2D eigenvalue weighted by atomic mass is 16.5. The number of aliphatic hydroxyl groups excluding tert-OH is 1. The number of rotatable bonds is 8. The third-order valence-corrected chi connectivity index (χ3v) is 2.61. The molecule has 2 atom stereocenters. The quantitative estimate of drug-likeness (QED) is 0.490. The number of aliphatic hydroxyl groups is 1. The first-order valence-corrected chi connectivity index (χ1v) is 5.89. The molecule has 0 aromatic carbocycles. The van der Waals surface area contributed by atoms with Crippen LogP contribution < -0.4 is 0 Å². The molecular weight excluding hydrogens is 206 g/mol. The molecule has 1 aliphatic rings. The maximum absolute atomic E-state index is 9.68. The predicted octanol–water partition coefficient (Wildman–Crippen LogP) is 0.661. The summed E-state index contributed by atoms with van der Waals surface area (Å²) in [6, 6.07) is 0. The highest BCUT2D eigenvalue weighted by Gasteiger charge is 2.18. The van der Waals surface area contributed by atoms with E-state index in [4.69, 9.17) is 9.47 Å². The number of hydrogen-bond donors (Lipinski definition) is 1. The third-order valence-electron chi connectivity index (χ3n) is 2.61. The lowest BCUT2D eigenvalue weighted by atomic mass is 10.2. The van der Waals surface area contributed by atoms with Crippen molar-refractivity contribution in [1.82, 2.24) is 4.90 Å². The van der Waals surface area contributed by atoms with Crippen molar-refractivity contribution in [3.05, 3.63) is 12.7 Å². The Hall–Kier alpha value is -0.420. The molecule has 1 N–H and O–H groups in total. The van der Waals surface area contributed by atoms with Gasteiger partial charge in [0.1, 0.15) is 0 Å². The Morgan fingerprint density at radius 3 is 3.12 bits per heavy atom. The van der Waals surface area contributed by atoms with E-state index in [1.807, 2.05) is 7.05 Å². The molecule has 1 fully saturated rings. The van der Waals surface area contributed by atoms with Gasteiger partial charge in [-0.2, -0.15) is 0 Å². The average Bonchev–Trinajstić information content (AvgIpc) is 2.70. The first-order valence-electron chi connectivity index (χ1n) is 5.89. The van der Waals surface area contributed by atoms with Crippen LogP contribution >= 0.6 is 0 Å². The zero-order valence-corrected chi connectivity index (χ0v) is 10.1. The van der Waals surface area contributed by atoms with Gasteiger partial charge in [-0.1, -0.05) is 6.08 Å². The summed E-state index contributed by atoms with van der Waals surface area (Å²) in [6.07, 6.45) is 3.87. The lowest BCUT2D eigenvalue weighted by molar-refractivity contribution is 0.0178. The first kappa shape index (κ1) is 13.6. The van der Waals surface area contributed by atoms with Gasteiger partial charge in [-0.25, -0.2) is 0 Å². The van der Waals surface area contributed by atoms with Crippen molar-refractivity contribution in [1.29, 1.82) is 0 Å². The summed E-state index contributed by atoms with van der Waals surface area (Å²) in [6.45, 7) is 6.80. The van der Waals surface area contributed by atoms with Crippen LogP contribution in [0.15, 0.2) is 12.7 Å². The molecule has 0 spiro atoms. The lowest BCUT2D eigenvalue weighted by Crippen LogP contribution is -2.36. The van der Waals surface area contributed by atoms with Crippen LogP contribution in [0.5, 0.6) is 0 Å². The maximum atomic E-state index is 9.68. The monoisotopic (exact) mass is 229 g/mol. The van der Waals surface area contributed by atoms with E-state index in [-0.39, 0.29) is 0 Å². The Balaban J connectivity index is 2.07. The highest BCUT2D eigenvalue weighted by Crippen LogP contribution is 2.12. The van der Waals surface area contributed by atoms with Crippen LogP contribution in [-0.4, -0.2) is 62.2 Å². The smallest absolute Gasteiger partial charge is 0.0900 e. The second kappa shape index (κ2) is 7.79. The van der Waals surface area contributed by atoms with Crippen molar-refractivity contribution in [2.45, 2.75) is 25.0 Å². The Kier molecular flexibility index (Phi) is 6.64. The SMILES string of the molecule is C=CCOCC(O)CN(C)CC1CCCO1. The molecule has 0 amide bonds. The van der Waals surface area contributed by atoms with E-state index < -0.39 is 6.10 Å². The van der Waals surface area contributed by atoms with Crippen LogP contribution in [0, 0.1) is 0 Å². The summed E-state index contributed by atoms with van der Waals surface area (Å²) in [5, 5.41) is 9.68. The molecule has 0 radical (unpaired) electrons. The highest BCUT2D eigenvalue weighted by molar-refractivity contribution is 4.71. The van der Waals surface area contributed by atoms with Gasteiger partial charge >= 0.3 is 0 Å². The fourth-order valence-corrected chi connectivity index (χ4v) is 1.91. The summed E-state index contributed by atoms with van der Waals surface area (Å²) in [4.78, 5) is 2.10. The van der Waals surface area contributed by atoms with Crippen LogP contribution in [0.2, 0.25) is 0 Å².